The Morgan fingerprint density at radius 3 is 2.93 bits per heavy atom. The average Bonchev–Trinajstić information content (AvgIpc) is 2.18. The van der Waals surface area contributed by atoms with E-state index in [1.807, 2.05) is 25.1 Å². The minimum atomic E-state index is -0.0542. The molecule has 2 atom stereocenters. The van der Waals surface area contributed by atoms with Crippen LogP contribution in [0, 0.1) is 0 Å². The van der Waals surface area contributed by atoms with E-state index in [9.17, 15) is 0 Å². The van der Waals surface area contributed by atoms with Gasteiger partial charge >= 0.3 is 0 Å². The van der Waals surface area contributed by atoms with Crippen LogP contribution in [0.25, 0.3) is 0 Å². The highest BCUT2D eigenvalue weighted by Gasteiger charge is 2.12. The summed E-state index contributed by atoms with van der Waals surface area (Å²) in [6.45, 7) is 5.59. The van der Waals surface area contributed by atoms with Crippen molar-refractivity contribution in [1.29, 1.82) is 0 Å². The number of rotatable bonds is 5. The maximum Gasteiger partial charge on any atom is 0.121 e. The number of nitrogens with two attached hydrogens (primary N) is 1. The Labute approximate surface area is 95.7 Å². The summed E-state index contributed by atoms with van der Waals surface area (Å²) in [5, 5.41) is 0.664. The third-order valence-electron chi connectivity index (χ3n) is 2.16. The summed E-state index contributed by atoms with van der Waals surface area (Å²) in [6.07, 6.45) is 2.48. The van der Waals surface area contributed by atoms with Crippen molar-refractivity contribution in [3.63, 3.8) is 0 Å². The van der Waals surface area contributed by atoms with Crippen LogP contribution < -0.4 is 10.5 Å². The summed E-state index contributed by atoms with van der Waals surface area (Å²) in [4.78, 5) is 0. The second kappa shape index (κ2) is 5.79. The maximum absolute atomic E-state index is 5.88. The molecule has 0 saturated carbocycles. The fourth-order valence-corrected chi connectivity index (χ4v) is 1.41. The molecule has 0 bridgehead atoms. The van der Waals surface area contributed by atoms with E-state index in [2.05, 4.69) is 6.58 Å². The van der Waals surface area contributed by atoms with E-state index < -0.39 is 0 Å². The molecule has 1 aromatic rings. The van der Waals surface area contributed by atoms with Gasteiger partial charge in [-0.05, 0) is 31.5 Å². The number of ether oxygens (including phenoxy) is 1. The molecule has 1 rings (SSSR count). The maximum atomic E-state index is 5.88. The van der Waals surface area contributed by atoms with Crippen LogP contribution in [0.5, 0.6) is 5.75 Å². The van der Waals surface area contributed by atoms with E-state index in [-0.39, 0.29) is 12.1 Å². The van der Waals surface area contributed by atoms with Crippen LogP contribution in [0.3, 0.4) is 0 Å². The molecule has 2 N–H and O–H groups in total. The molecule has 1 aromatic carbocycles. The van der Waals surface area contributed by atoms with E-state index in [1.54, 1.807) is 12.1 Å². The first kappa shape index (κ1) is 12.1. The summed E-state index contributed by atoms with van der Waals surface area (Å²) in [5.41, 5.74) is 5.88. The molecule has 2 nitrogen and oxygen atoms in total. The highest BCUT2D eigenvalue weighted by molar-refractivity contribution is 6.30. The minimum absolute atomic E-state index is 0.0403. The Morgan fingerprint density at radius 2 is 2.33 bits per heavy atom. The van der Waals surface area contributed by atoms with Crippen molar-refractivity contribution in [2.24, 2.45) is 5.73 Å². The van der Waals surface area contributed by atoms with Crippen molar-refractivity contribution in [1.82, 2.24) is 0 Å². The van der Waals surface area contributed by atoms with Crippen molar-refractivity contribution in [3.8, 4) is 5.75 Å². The van der Waals surface area contributed by atoms with E-state index >= 15 is 0 Å². The van der Waals surface area contributed by atoms with Crippen molar-refractivity contribution < 1.29 is 4.74 Å². The van der Waals surface area contributed by atoms with Crippen LogP contribution in [0.15, 0.2) is 36.9 Å². The highest BCUT2D eigenvalue weighted by Crippen LogP contribution is 2.19. The topological polar surface area (TPSA) is 35.2 Å². The van der Waals surface area contributed by atoms with Crippen LogP contribution >= 0.6 is 11.6 Å². The highest BCUT2D eigenvalue weighted by atomic mass is 35.5. The van der Waals surface area contributed by atoms with Crippen LogP contribution in [0.2, 0.25) is 5.02 Å². The Morgan fingerprint density at radius 1 is 1.60 bits per heavy atom. The minimum Gasteiger partial charge on any atom is -0.489 e. The standard InChI is InChI=1S/C12H16ClNO/c1-3-5-12(14)9(2)15-11-7-4-6-10(13)8-11/h3-4,6-9,12H,1,5,14H2,2H3. The molecule has 82 valence electrons. The zero-order valence-electron chi connectivity index (χ0n) is 8.82. The van der Waals surface area contributed by atoms with E-state index in [0.717, 1.165) is 12.2 Å². The first-order chi connectivity index (χ1) is 7.13. The van der Waals surface area contributed by atoms with Gasteiger partial charge in [-0.25, -0.2) is 0 Å². The monoisotopic (exact) mass is 225 g/mol. The number of benzene rings is 1. The molecular weight excluding hydrogens is 210 g/mol. The smallest absolute Gasteiger partial charge is 0.121 e. The summed E-state index contributed by atoms with van der Waals surface area (Å²) in [5.74, 6) is 0.745. The molecule has 0 fully saturated rings. The number of hydrogen-bond acceptors (Lipinski definition) is 2. The van der Waals surface area contributed by atoms with Gasteiger partial charge in [0.25, 0.3) is 0 Å². The summed E-state index contributed by atoms with van der Waals surface area (Å²) < 4.78 is 5.65. The molecule has 0 radical (unpaired) electrons. The van der Waals surface area contributed by atoms with Crippen molar-refractivity contribution in [3.05, 3.63) is 41.9 Å². The molecular formula is C12H16ClNO. The number of halogens is 1. The lowest BCUT2D eigenvalue weighted by molar-refractivity contribution is 0.190. The molecule has 0 amide bonds. The fourth-order valence-electron chi connectivity index (χ4n) is 1.23. The van der Waals surface area contributed by atoms with E-state index in [0.29, 0.717) is 5.02 Å². The lowest BCUT2D eigenvalue weighted by Crippen LogP contribution is -2.36. The molecule has 0 aliphatic heterocycles. The second-order valence-corrected chi connectivity index (χ2v) is 3.91. The van der Waals surface area contributed by atoms with Crippen molar-refractivity contribution >= 4 is 11.6 Å². The Bertz CT molecular complexity index is 327. The third-order valence-corrected chi connectivity index (χ3v) is 2.39. The molecule has 0 aliphatic carbocycles. The Kier molecular flexibility index (Phi) is 4.66. The first-order valence-electron chi connectivity index (χ1n) is 4.92. The Hall–Kier alpha value is -0.990. The lowest BCUT2D eigenvalue weighted by Gasteiger charge is -2.20. The average molecular weight is 226 g/mol. The van der Waals surface area contributed by atoms with Crippen molar-refractivity contribution in [2.45, 2.75) is 25.5 Å². The second-order valence-electron chi connectivity index (χ2n) is 3.47. The van der Waals surface area contributed by atoms with Gasteiger partial charge in [-0.3, -0.25) is 0 Å². The zero-order valence-corrected chi connectivity index (χ0v) is 9.58. The van der Waals surface area contributed by atoms with E-state index in [1.165, 1.54) is 0 Å². The van der Waals surface area contributed by atoms with Gasteiger partial charge in [0.1, 0.15) is 11.9 Å². The molecule has 2 unspecified atom stereocenters. The number of hydrogen-bond donors (Lipinski definition) is 1. The van der Waals surface area contributed by atoms with Crippen LogP contribution in [0.4, 0.5) is 0 Å². The first-order valence-corrected chi connectivity index (χ1v) is 5.30. The van der Waals surface area contributed by atoms with Gasteiger partial charge in [0.15, 0.2) is 0 Å². The quantitative estimate of drug-likeness (QED) is 0.782. The zero-order chi connectivity index (χ0) is 11.3. The molecule has 0 spiro atoms. The molecule has 0 aliphatic rings. The van der Waals surface area contributed by atoms with Crippen molar-refractivity contribution in [2.75, 3.05) is 0 Å². The van der Waals surface area contributed by atoms with Gasteiger partial charge in [-0.2, -0.15) is 0 Å². The van der Waals surface area contributed by atoms with Gasteiger partial charge in [0.05, 0.1) is 0 Å². The van der Waals surface area contributed by atoms with Crippen LogP contribution in [-0.2, 0) is 0 Å². The fraction of sp³-hybridized carbons (Fsp3) is 0.333. The van der Waals surface area contributed by atoms with Gasteiger partial charge in [-0.1, -0.05) is 23.7 Å². The molecule has 0 saturated heterocycles. The normalized spacial score (nSPS) is 14.3. The summed E-state index contributed by atoms with van der Waals surface area (Å²) in [7, 11) is 0. The van der Waals surface area contributed by atoms with Gasteiger partial charge < -0.3 is 10.5 Å². The molecule has 0 aromatic heterocycles. The lowest BCUT2D eigenvalue weighted by atomic mass is 10.1. The molecule has 3 heteroatoms. The third kappa shape index (κ3) is 3.94. The Balaban J connectivity index is 2.57. The predicted molar refractivity (Wildman–Crippen MR) is 64.3 cm³/mol. The summed E-state index contributed by atoms with van der Waals surface area (Å²) in [6, 6.07) is 7.26. The molecule has 15 heavy (non-hydrogen) atoms. The SMILES string of the molecule is C=CCC(N)C(C)Oc1cccc(Cl)c1. The van der Waals surface area contributed by atoms with Gasteiger partial charge in [0.2, 0.25) is 0 Å². The van der Waals surface area contributed by atoms with E-state index in [4.69, 9.17) is 22.1 Å². The van der Waals surface area contributed by atoms with Crippen LogP contribution in [0.1, 0.15) is 13.3 Å². The predicted octanol–water partition coefficient (Wildman–Crippen LogP) is 3.01. The summed E-state index contributed by atoms with van der Waals surface area (Å²) >= 11 is 5.84. The van der Waals surface area contributed by atoms with Crippen LogP contribution in [-0.4, -0.2) is 12.1 Å². The van der Waals surface area contributed by atoms with Gasteiger partial charge in [0, 0.05) is 11.1 Å². The molecule has 0 heterocycles. The largest absolute Gasteiger partial charge is 0.489 e. The van der Waals surface area contributed by atoms with Gasteiger partial charge in [-0.15, -0.1) is 6.58 Å².